The molecule has 1 aromatic carbocycles. The molecule has 152 valence electrons. The molecule has 1 unspecified atom stereocenters. The smallest absolute Gasteiger partial charge is 0.240 e. The lowest BCUT2D eigenvalue weighted by atomic mass is 9.78. The van der Waals surface area contributed by atoms with Gasteiger partial charge < -0.3 is 14.0 Å². The molecule has 1 aromatic heterocycles. The summed E-state index contributed by atoms with van der Waals surface area (Å²) in [7, 11) is 3.42. The number of hydrogen-bond acceptors (Lipinski definition) is 6. The molecule has 0 spiro atoms. The van der Waals surface area contributed by atoms with Gasteiger partial charge in [0.2, 0.25) is 5.89 Å². The molecular formula is C22H31N3O3. The van der Waals surface area contributed by atoms with Gasteiger partial charge in [-0.05, 0) is 48.4 Å². The van der Waals surface area contributed by atoms with Crippen LogP contribution in [0.4, 0.5) is 0 Å². The van der Waals surface area contributed by atoms with Crippen LogP contribution in [0.25, 0.3) is 0 Å². The topological polar surface area (TPSA) is 60.6 Å². The lowest BCUT2D eigenvalue weighted by Crippen LogP contribution is -2.45. The number of benzene rings is 1. The van der Waals surface area contributed by atoms with Crippen molar-refractivity contribution in [1.29, 1.82) is 0 Å². The zero-order chi connectivity index (χ0) is 19.3. The van der Waals surface area contributed by atoms with Crippen molar-refractivity contribution in [3.8, 4) is 5.75 Å². The molecule has 1 atom stereocenters. The quantitative estimate of drug-likeness (QED) is 0.723. The van der Waals surface area contributed by atoms with Crippen molar-refractivity contribution in [1.82, 2.24) is 15.0 Å². The Balaban J connectivity index is 1.54. The van der Waals surface area contributed by atoms with Crippen LogP contribution in [0, 0.1) is 5.92 Å². The van der Waals surface area contributed by atoms with E-state index in [9.17, 15) is 0 Å². The SMILES string of the molecule is COCCc1noc(CN2Cc3cc(OC)ccc3CC2C2CCCCC2)n1. The van der Waals surface area contributed by atoms with Gasteiger partial charge in [0.05, 0.1) is 20.3 Å². The molecule has 6 heteroatoms. The normalized spacial score (nSPS) is 20.9. The van der Waals surface area contributed by atoms with Crippen molar-refractivity contribution in [3.63, 3.8) is 0 Å². The van der Waals surface area contributed by atoms with Crippen LogP contribution in [0.3, 0.4) is 0 Å². The van der Waals surface area contributed by atoms with Crippen molar-refractivity contribution < 1.29 is 14.0 Å². The van der Waals surface area contributed by atoms with E-state index in [1.165, 1.54) is 43.2 Å². The Morgan fingerprint density at radius 1 is 1.14 bits per heavy atom. The van der Waals surface area contributed by atoms with E-state index < -0.39 is 0 Å². The van der Waals surface area contributed by atoms with Gasteiger partial charge in [0.15, 0.2) is 5.82 Å². The van der Waals surface area contributed by atoms with Crippen molar-refractivity contribution in [2.45, 2.75) is 64.1 Å². The third-order valence-corrected chi connectivity index (χ3v) is 6.26. The predicted molar refractivity (Wildman–Crippen MR) is 106 cm³/mol. The lowest BCUT2D eigenvalue weighted by Gasteiger charge is -2.42. The Hall–Kier alpha value is -1.92. The molecule has 0 N–H and O–H groups in total. The van der Waals surface area contributed by atoms with Gasteiger partial charge in [0, 0.05) is 26.1 Å². The van der Waals surface area contributed by atoms with E-state index in [4.69, 9.17) is 14.0 Å². The highest BCUT2D eigenvalue weighted by Crippen LogP contribution is 2.36. The van der Waals surface area contributed by atoms with Gasteiger partial charge in [-0.2, -0.15) is 4.98 Å². The molecule has 28 heavy (non-hydrogen) atoms. The Bertz CT molecular complexity index is 770. The van der Waals surface area contributed by atoms with Crippen LogP contribution in [-0.2, 0) is 30.7 Å². The summed E-state index contributed by atoms with van der Waals surface area (Å²) in [6.45, 7) is 2.22. The van der Waals surface area contributed by atoms with Crippen LogP contribution < -0.4 is 4.74 Å². The fourth-order valence-electron chi connectivity index (χ4n) is 4.75. The molecule has 0 amide bonds. The molecule has 1 saturated carbocycles. The third-order valence-electron chi connectivity index (χ3n) is 6.26. The number of nitrogens with zero attached hydrogens (tertiary/aromatic N) is 3. The van der Waals surface area contributed by atoms with E-state index in [1.54, 1.807) is 14.2 Å². The molecule has 0 radical (unpaired) electrons. The number of rotatable bonds is 7. The maximum Gasteiger partial charge on any atom is 0.240 e. The molecule has 1 aliphatic heterocycles. The van der Waals surface area contributed by atoms with Crippen molar-refractivity contribution in [2.75, 3.05) is 20.8 Å². The van der Waals surface area contributed by atoms with Gasteiger partial charge in [-0.15, -0.1) is 0 Å². The highest BCUT2D eigenvalue weighted by molar-refractivity contribution is 5.37. The van der Waals surface area contributed by atoms with Crippen molar-refractivity contribution >= 4 is 0 Å². The number of aromatic nitrogens is 2. The maximum atomic E-state index is 5.55. The highest BCUT2D eigenvalue weighted by atomic mass is 16.5. The summed E-state index contributed by atoms with van der Waals surface area (Å²) >= 11 is 0. The first-order valence-corrected chi connectivity index (χ1v) is 10.5. The molecular weight excluding hydrogens is 354 g/mol. The molecule has 1 aliphatic carbocycles. The lowest BCUT2D eigenvalue weighted by molar-refractivity contribution is 0.0803. The van der Waals surface area contributed by atoms with Crippen molar-refractivity contribution in [2.24, 2.45) is 5.92 Å². The Morgan fingerprint density at radius 2 is 2.00 bits per heavy atom. The maximum absolute atomic E-state index is 5.55. The number of hydrogen-bond donors (Lipinski definition) is 0. The van der Waals surface area contributed by atoms with E-state index in [1.807, 2.05) is 0 Å². The van der Waals surface area contributed by atoms with E-state index in [0.29, 0.717) is 31.5 Å². The van der Waals surface area contributed by atoms with Crippen LogP contribution in [0.1, 0.15) is 54.9 Å². The first kappa shape index (κ1) is 19.4. The molecule has 2 aliphatic rings. The minimum absolute atomic E-state index is 0.538. The number of methoxy groups -OCH3 is 2. The monoisotopic (exact) mass is 385 g/mol. The number of fused-ring (bicyclic) bond motifs is 1. The van der Waals surface area contributed by atoms with E-state index in [2.05, 4.69) is 33.2 Å². The third kappa shape index (κ3) is 4.39. The Labute approximate surface area is 167 Å². The van der Waals surface area contributed by atoms with E-state index in [0.717, 1.165) is 30.5 Å². The van der Waals surface area contributed by atoms with Crippen LogP contribution in [0.15, 0.2) is 22.7 Å². The second-order valence-electron chi connectivity index (χ2n) is 8.06. The molecule has 0 saturated heterocycles. The fourth-order valence-corrected chi connectivity index (χ4v) is 4.75. The summed E-state index contributed by atoms with van der Waals surface area (Å²) in [5.74, 6) is 3.11. The van der Waals surface area contributed by atoms with Gasteiger partial charge >= 0.3 is 0 Å². The predicted octanol–water partition coefficient (Wildman–Crippen LogP) is 3.77. The van der Waals surface area contributed by atoms with Crippen LogP contribution in [0.2, 0.25) is 0 Å². The van der Waals surface area contributed by atoms with Crippen LogP contribution >= 0.6 is 0 Å². The average molecular weight is 386 g/mol. The fraction of sp³-hybridized carbons (Fsp3) is 0.636. The molecule has 2 aromatic rings. The van der Waals surface area contributed by atoms with Crippen LogP contribution in [0.5, 0.6) is 5.75 Å². The van der Waals surface area contributed by atoms with E-state index in [-0.39, 0.29) is 0 Å². The molecule has 0 bridgehead atoms. The summed E-state index contributed by atoms with van der Waals surface area (Å²) in [6, 6.07) is 7.05. The van der Waals surface area contributed by atoms with Gasteiger partial charge in [-0.1, -0.05) is 30.5 Å². The van der Waals surface area contributed by atoms with Gasteiger partial charge in [0.25, 0.3) is 0 Å². The first-order chi connectivity index (χ1) is 13.8. The van der Waals surface area contributed by atoms with Crippen LogP contribution in [-0.4, -0.2) is 41.9 Å². The standard InChI is InChI=1S/C22H31N3O3/c1-26-11-10-21-23-22(28-24-21)15-25-14-18-12-19(27-2)9-8-17(18)13-20(25)16-6-4-3-5-7-16/h8-9,12,16,20H,3-7,10-11,13-15H2,1-2H3. The van der Waals surface area contributed by atoms with Gasteiger partial charge in [0.1, 0.15) is 5.75 Å². The average Bonchev–Trinajstić information content (AvgIpc) is 3.19. The summed E-state index contributed by atoms with van der Waals surface area (Å²) in [5, 5.41) is 4.12. The van der Waals surface area contributed by atoms with Gasteiger partial charge in [-0.25, -0.2) is 0 Å². The summed E-state index contributed by atoms with van der Waals surface area (Å²) in [5.41, 5.74) is 2.81. The summed E-state index contributed by atoms with van der Waals surface area (Å²) < 4.78 is 16.1. The molecule has 6 nitrogen and oxygen atoms in total. The van der Waals surface area contributed by atoms with Gasteiger partial charge in [-0.3, -0.25) is 4.90 Å². The molecule has 1 fully saturated rings. The van der Waals surface area contributed by atoms with Crippen molar-refractivity contribution in [3.05, 3.63) is 41.0 Å². The first-order valence-electron chi connectivity index (χ1n) is 10.5. The molecule has 4 rings (SSSR count). The second kappa shape index (κ2) is 9.05. The largest absolute Gasteiger partial charge is 0.497 e. The Kier molecular flexibility index (Phi) is 6.27. The minimum Gasteiger partial charge on any atom is -0.497 e. The zero-order valence-electron chi connectivity index (χ0n) is 17.0. The number of ether oxygens (including phenoxy) is 2. The highest BCUT2D eigenvalue weighted by Gasteiger charge is 2.34. The van der Waals surface area contributed by atoms with E-state index >= 15 is 0 Å². The minimum atomic E-state index is 0.538. The summed E-state index contributed by atoms with van der Waals surface area (Å²) in [4.78, 5) is 7.13. The molecule has 2 heterocycles. The summed E-state index contributed by atoms with van der Waals surface area (Å²) in [6.07, 6.45) is 8.52. The zero-order valence-corrected chi connectivity index (χ0v) is 17.0. The second-order valence-corrected chi connectivity index (χ2v) is 8.06. The Morgan fingerprint density at radius 3 is 2.79 bits per heavy atom.